The summed E-state index contributed by atoms with van der Waals surface area (Å²) in [5, 5.41) is 3.04. The molecule has 50 valence electrons. The summed E-state index contributed by atoms with van der Waals surface area (Å²) in [7, 11) is 0. The molecule has 0 bridgehead atoms. The van der Waals surface area contributed by atoms with Crippen LogP contribution in [-0.4, -0.2) is 31.5 Å². The van der Waals surface area contributed by atoms with Crippen molar-refractivity contribution in [1.29, 1.82) is 0 Å². The van der Waals surface area contributed by atoms with Crippen molar-refractivity contribution in [3.63, 3.8) is 0 Å². The molecule has 2 atom stereocenters. The Balaban J connectivity index is 2.09. The third-order valence-electron chi connectivity index (χ3n) is 1.60. The summed E-state index contributed by atoms with van der Waals surface area (Å²) < 4.78 is 9.52. The van der Waals surface area contributed by atoms with Crippen LogP contribution in [0.5, 0.6) is 0 Å². The second-order valence-electron chi connectivity index (χ2n) is 2.22. The SMILES string of the molecule is O=C1OC2CNCC2O1. The van der Waals surface area contributed by atoms with Gasteiger partial charge < -0.3 is 14.8 Å². The zero-order valence-electron chi connectivity index (χ0n) is 4.79. The molecule has 2 aliphatic heterocycles. The molecule has 4 nitrogen and oxygen atoms in total. The summed E-state index contributed by atoms with van der Waals surface area (Å²) in [5.41, 5.74) is 0. The van der Waals surface area contributed by atoms with Crippen LogP contribution in [0.2, 0.25) is 0 Å². The van der Waals surface area contributed by atoms with E-state index in [0.717, 1.165) is 13.1 Å². The summed E-state index contributed by atoms with van der Waals surface area (Å²) in [6.45, 7) is 1.47. The molecule has 0 aromatic rings. The van der Waals surface area contributed by atoms with Crippen molar-refractivity contribution in [2.75, 3.05) is 13.1 Å². The number of nitrogens with one attached hydrogen (secondary N) is 1. The van der Waals surface area contributed by atoms with E-state index in [9.17, 15) is 4.79 Å². The Kier molecular flexibility index (Phi) is 0.900. The molecule has 4 heteroatoms. The van der Waals surface area contributed by atoms with Crippen molar-refractivity contribution >= 4 is 6.16 Å². The van der Waals surface area contributed by atoms with Crippen LogP contribution in [0, 0.1) is 0 Å². The summed E-state index contributed by atoms with van der Waals surface area (Å²) in [6.07, 6.45) is -0.582. The monoisotopic (exact) mass is 129 g/mol. The van der Waals surface area contributed by atoms with E-state index in [1.807, 2.05) is 0 Å². The van der Waals surface area contributed by atoms with Crippen LogP contribution < -0.4 is 5.32 Å². The molecule has 2 aliphatic rings. The van der Waals surface area contributed by atoms with Gasteiger partial charge in [-0.15, -0.1) is 0 Å². The molecular weight excluding hydrogens is 122 g/mol. The van der Waals surface area contributed by atoms with Crippen molar-refractivity contribution in [3.05, 3.63) is 0 Å². The summed E-state index contributed by atoms with van der Waals surface area (Å²) in [5.74, 6) is 0. The van der Waals surface area contributed by atoms with E-state index >= 15 is 0 Å². The minimum absolute atomic E-state index is 0.0301. The lowest BCUT2D eigenvalue weighted by molar-refractivity contribution is 0.111. The van der Waals surface area contributed by atoms with Gasteiger partial charge in [-0.3, -0.25) is 0 Å². The van der Waals surface area contributed by atoms with E-state index in [1.165, 1.54) is 0 Å². The first-order valence-corrected chi connectivity index (χ1v) is 2.94. The molecule has 0 aromatic carbocycles. The lowest BCUT2D eigenvalue weighted by Crippen LogP contribution is -2.18. The summed E-state index contributed by atoms with van der Waals surface area (Å²) in [4.78, 5) is 10.4. The van der Waals surface area contributed by atoms with E-state index in [-0.39, 0.29) is 12.2 Å². The zero-order chi connectivity index (χ0) is 6.27. The van der Waals surface area contributed by atoms with Gasteiger partial charge in [0.05, 0.1) is 0 Å². The fraction of sp³-hybridized carbons (Fsp3) is 0.800. The van der Waals surface area contributed by atoms with Gasteiger partial charge in [0.1, 0.15) is 0 Å². The van der Waals surface area contributed by atoms with Gasteiger partial charge in [-0.05, 0) is 0 Å². The Labute approximate surface area is 52.1 Å². The highest BCUT2D eigenvalue weighted by molar-refractivity contribution is 5.62. The maximum atomic E-state index is 10.4. The second-order valence-corrected chi connectivity index (χ2v) is 2.22. The van der Waals surface area contributed by atoms with E-state index in [2.05, 4.69) is 5.32 Å². The molecule has 0 aromatic heterocycles. The molecule has 2 saturated heterocycles. The Morgan fingerprint density at radius 2 is 1.89 bits per heavy atom. The first-order chi connectivity index (χ1) is 4.36. The van der Waals surface area contributed by atoms with Crippen LogP contribution in [-0.2, 0) is 9.47 Å². The van der Waals surface area contributed by atoms with Gasteiger partial charge in [0, 0.05) is 13.1 Å². The molecule has 0 radical (unpaired) electrons. The van der Waals surface area contributed by atoms with Crippen LogP contribution in [0.1, 0.15) is 0 Å². The average molecular weight is 129 g/mol. The lowest BCUT2D eigenvalue weighted by atomic mass is 10.3. The fourth-order valence-electron chi connectivity index (χ4n) is 1.14. The number of carbonyl (C=O) groups is 1. The molecule has 2 rings (SSSR count). The Morgan fingerprint density at radius 1 is 1.33 bits per heavy atom. The third kappa shape index (κ3) is 0.666. The number of rotatable bonds is 0. The molecular formula is C5H7NO3. The quantitative estimate of drug-likeness (QED) is 0.448. The van der Waals surface area contributed by atoms with E-state index in [1.54, 1.807) is 0 Å². The molecule has 0 aliphatic carbocycles. The predicted molar refractivity (Wildman–Crippen MR) is 28.0 cm³/mol. The van der Waals surface area contributed by atoms with Crippen molar-refractivity contribution in [2.24, 2.45) is 0 Å². The van der Waals surface area contributed by atoms with Crippen LogP contribution in [0.3, 0.4) is 0 Å². The molecule has 0 spiro atoms. The van der Waals surface area contributed by atoms with Gasteiger partial charge >= 0.3 is 6.16 Å². The van der Waals surface area contributed by atoms with Gasteiger partial charge in [0.2, 0.25) is 0 Å². The first-order valence-electron chi connectivity index (χ1n) is 2.94. The molecule has 2 fully saturated rings. The summed E-state index contributed by atoms with van der Waals surface area (Å²) in [6, 6.07) is 0. The molecule has 0 amide bonds. The van der Waals surface area contributed by atoms with Crippen molar-refractivity contribution in [1.82, 2.24) is 5.32 Å². The highest BCUT2D eigenvalue weighted by Crippen LogP contribution is 2.17. The van der Waals surface area contributed by atoms with Gasteiger partial charge in [-0.1, -0.05) is 0 Å². The van der Waals surface area contributed by atoms with Crippen LogP contribution in [0.15, 0.2) is 0 Å². The number of carbonyl (C=O) groups excluding carboxylic acids is 1. The molecule has 9 heavy (non-hydrogen) atoms. The molecule has 0 saturated carbocycles. The maximum Gasteiger partial charge on any atom is 0.509 e. The summed E-state index contributed by atoms with van der Waals surface area (Å²) >= 11 is 0. The maximum absolute atomic E-state index is 10.4. The van der Waals surface area contributed by atoms with E-state index in [4.69, 9.17) is 9.47 Å². The standard InChI is InChI=1S/C5H7NO3/c7-5-8-3-1-6-2-4(3)9-5/h3-4,6H,1-2H2. The average Bonchev–Trinajstić information content (AvgIpc) is 2.22. The van der Waals surface area contributed by atoms with Gasteiger partial charge in [-0.25, -0.2) is 4.79 Å². The first kappa shape index (κ1) is 5.05. The number of hydrogen-bond donors (Lipinski definition) is 1. The predicted octanol–water partition coefficient (Wildman–Crippen LogP) is -0.506. The highest BCUT2D eigenvalue weighted by atomic mass is 16.8. The zero-order valence-corrected chi connectivity index (χ0v) is 4.79. The number of fused-ring (bicyclic) bond motifs is 1. The molecule has 2 unspecified atom stereocenters. The van der Waals surface area contributed by atoms with E-state index < -0.39 is 6.16 Å². The van der Waals surface area contributed by atoms with Crippen LogP contribution >= 0.6 is 0 Å². The van der Waals surface area contributed by atoms with Gasteiger partial charge in [0.25, 0.3) is 0 Å². The smallest absolute Gasteiger partial charge is 0.426 e. The Hall–Kier alpha value is -0.770. The van der Waals surface area contributed by atoms with Gasteiger partial charge in [0.15, 0.2) is 12.2 Å². The Morgan fingerprint density at radius 3 is 2.44 bits per heavy atom. The van der Waals surface area contributed by atoms with Crippen molar-refractivity contribution in [3.8, 4) is 0 Å². The highest BCUT2D eigenvalue weighted by Gasteiger charge is 2.39. The van der Waals surface area contributed by atoms with Crippen LogP contribution in [0.25, 0.3) is 0 Å². The second kappa shape index (κ2) is 1.60. The van der Waals surface area contributed by atoms with Crippen LogP contribution in [0.4, 0.5) is 4.79 Å². The Bertz CT molecular complexity index is 133. The minimum Gasteiger partial charge on any atom is -0.426 e. The van der Waals surface area contributed by atoms with Crippen molar-refractivity contribution in [2.45, 2.75) is 12.2 Å². The largest absolute Gasteiger partial charge is 0.509 e. The molecule has 1 N–H and O–H groups in total. The number of hydrogen-bond acceptors (Lipinski definition) is 4. The lowest BCUT2D eigenvalue weighted by Gasteiger charge is -1.98. The third-order valence-corrected chi connectivity index (χ3v) is 1.60. The minimum atomic E-state index is -0.522. The van der Waals surface area contributed by atoms with E-state index in [0.29, 0.717) is 0 Å². The fourth-order valence-corrected chi connectivity index (χ4v) is 1.14. The normalized spacial score (nSPS) is 39.8. The van der Waals surface area contributed by atoms with Gasteiger partial charge in [-0.2, -0.15) is 0 Å². The number of ether oxygens (including phenoxy) is 2. The topological polar surface area (TPSA) is 47.6 Å². The molecule has 2 heterocycles. The van der Waals surface area contributed by atoms with Crippen molar-refractivity contribution < 1.29 is 14.3 Å².